The summed E-state index contributed by atoms with van der Waals surface area (Å²) in [7, 11) is 1.71. The van der Waals surface area contributed by atoms with Gasteiger partial charge in [-0.25, -0.2) is 4.90 Å². The first-order valence-electron chi connectivity index (χ1n) is 8.53. The number of benzene rings is 2. The number of rotatable bonds is 5. The highest BCUT2D eigenvalue weighted by atomic mass is 16.3. The number of hydrogen-bond acceptors (Lipinski definition) is 4. The SMILES string of the molecule is Cc1ccc(N2C(=O)C(c3ccccc3)=C(N(C)CCO)C2=O)cc1C. The van der Waals surface area contributed by atoms with Gasteiger partial charge >= 0.3 is 0 Å². The Labute approximate surface area is 153 Å². The second-order valence-corrected chi connectivity index (χ2v) is 6.45. The van der Waals surface area contributed by atoms with Gasteiger partial charge in [-0.2, -0.15) is 0 Å². The summed E-state index contributed by atoms with van der Waals surface area (Å²) < 4.78 is 0. The first-order valence-corrected chi connectivity index (χ1v) is 8.53. The molecule has 0 aliphatic carbocycles. The molecule has 1 aliphatic heterocycles. The first-order chi connectivity index (χ1) is 12.5. The fourth-order valence-electron chi connectivity index (χ4n) is 3.10. The number of nitrogens with zero attached hydrogens (tertiary/aromatic N) is 2. The molecule has 0 saturated carbocycles. The number of aryl methyl sites for hydroxylation is 2. The molecular formula is C21H22N2O3. The molecule has 3 rings (SSSR count). The van der Waals surface area contributed by atoms with Gasteiger partial charge in [0, 0.05) is 13.6 Å². The normalized spacial score (nSPS) is 14.4. The average Bonchev–Trinajstić information content (AvgIpc) is 2.89. The summed E-state index contributed by atoms with van der Waals surface area (Å²) in [5, 5.41) is 9.28. The van der Waals surface area contributed by atoms with Gasteiger partial charge in [0.2, 0.25) is 0 Å². The topological polar surface area (TPSA) is 60.9 Å². The molecule has 0 radical (unpaired) electrons. The van der Waals surface area contributed by atoms with Gasteiger partial charge in [0.05, 0.1) is 17.9 Å². The van der Waals surface area contributed by atoms with Crippen LogP contribution < -0.4 is 4.90 Å². The lowest BCUT2D eigenvalue weighted by molar-refractivity contribution is -0.120. The molecule has 0 fully saturated rings. The molecule has 2 amide bonds. The number of imide groups is 1. The fourth-order valence-corrected chi connectivity index (χ4v) is 3.10. The third kappa shape index (κ3) is 3.02. The maximum atomic E-state index is 13.2. The molecule has 0 atom stereocenters. The maximum Gasteiger partial charge on any atom is 0.282 e. The highest BCUT2D eigenvalue weighted by Crippen LogP contribution is 2.34. The fraction of sp³-hybridized carbons (Fsp3) is 0.238. The standard InChI is InChI=1S/C21H22N2O3/c1-14-9-10-17(13-15(14)2)23-20(25)18(16-7-5-4-6-8-16)19(21(23)26)22(3)11-12-24/h4-10,13,24H,11-12H2,1-3H3. The number of aliphatic hydroxyl groups excluding tert-OH is 1. The summed E-state index contributed by atoms with van der Waals surface area (Å²) in [5.41, 5.74) is 4.04. The van der Waals surface area contributed by atoms with Crippen molar-refractivity contribution >= 4 is 23.1 Å². The van der Waals surface area contributed by atoms with E-state index in [1.807, 2.05) is 56.3 Å². The molecule has 5 nitrogen and oxygen atoms in total. The largest absolute Gasteiger partial charge is 0.395 e. The molecule has 1 N–H and O–H groups in total. The number of likely N-dealkylation sites (N-methyl/N-ethyl adjacent to an activating group) is 1. The van der Waals surface area contributed by atoms with Crippen LogP contribution in [-0.4, -0.2) is 42.0 Å². The van der Waals surface area contributed by atoms with E-state index >= 15 is 0 Å². The van der Waals surface area contributed by atoms with Crippen molar-refractivity contribution in [3.8, 4) is 0 Å². The minimum absolute atomic E-state index is 0.104. The molecule has 1 aliphatic rings. The minimum atomic E-state index is -0.368. The number of carbonyl (C=O) groups excluding carboxylic acids is 2. The lowest BCUT2D eigenvalue weighted by atomic mass is 10.0. The van der Waals surface area contributed by atoms with Crippen LogP contribution in [-0.2, 0) is 9.59 Å². The van der Waals surface area contributed by atoms with Crippen LogP contribution in [0, 0.1) is 13.8 Å². The Morgan fingerprint density at radius 1 is 0.962 bits per heavy atom. The van der Waals surface area contributed by atoms with Crippen molar-refractivity contribution in [3.05, 3.63) is 70.9 Å². The number of anilines is 1. The van der Waals surface area contributed by atoms with Crippen molar-refractivity contribution in [3.63, 3.8) is 0 Å². The molecule has 0 spiro atoms. The maximum absolute atomic E-state index is 13.2. The Balaban J connectivity index is 2.12. The van der Waals surface area contributed by atoms with Crippen molar-refractivity contribution in [1.29, 1.82) is 0 Å². The first kappa shape index (κ1) is 17.9. The summed E-state index contributed by atoms with van der Waals surface area (Å²) >= 11 is 0. The summed E-state index contributed by atoms with van der Waals surface area (Å²) in [5.74, 6) is -0.711. The van der Waals surface area contributed by atoms with Gasteiger partial charge in [-0.1, -0.05) is 36.4 Å². The van der Waals surface area contributed by atoms with Crippen LogP contribution in [0.1, 0.15) is 16.7 Å². The van der Waals surface area contributed by atoms with Crippen molar-refractivity contribution in [2.24, 2.45) is 0 Å². The lowest BCUT2D eigenvalue weighted by Crippen LogP contribution is -2.35. The van der Waals surface area contributed by atoms with Crippen LogP contribution in [0.5, 0.6) is 0 Å². The number of carbonyl (C=O) groups is 2. The Bertz CT molecular complexity index is 887. The molecule has 26 heavy (non-hydrogen) atoms. The van der Waals surface area contributed by atoms with E-state index in [2.05, 4.69) is 0 Å². The van der Waals surface area contributed by atoms with Crippen molar-refractivity contribution in [2.45, 2.75) is 13.8 Å². The van der Waals surface area contributed by atoms with Gasteiger partial charge in [-0.15, -0.1) is 0 Å². The van der Waals surface area contributed by atoms with E-state index in [1.54, 1.807) is 18.0 Å². The molecule has 2 aromatic rings. The van der Waals surface area contributed by atoms with Gasteiger partial charge in [-0.05, 0) is 42.7 Å². The molecule has 0 unspecified atom stereocenters. The zero-order chi connectivity index (χ0) is 18.8. The van der Waals surface area contributed by atoms with Gasteiger partial charge in [0.25, 0.3) is 11.8 Å². The molecule has 134 valence electrons. The van der Waals surface area contributed by atoms with E-state index in [9.17, 15) is 14.7 Å². The predicted octanol–water partition coefficient (Wildman–Crippen LogP) is 2.51. The summed E-state index contributed by atoms with van der Waals surface area (Å²) in [6.45, 7) is 4.10. The van der Waals surface area contributed by atoms with Gasteiger partial charge < -0.3 is 10.0 Å². The smallest absolute Gasteiger partial charge is 0.282 e. The van der Waals surface area contributed by atoms with Crippen molar-refractivity contribution in [1.82, 2.24) is 4.90 Å². The predicted molar refractivity (Wildman–Crippen MR) is 101 cm³/mol. The molecule has 0 bridgehead atoms. The Morgan fingerprint density at radius 3 is 2.27 bits per heavy atom. The highest BCUT2D eigenvalue weighted by molar-refractivity contribution is 6.45. The lowest BCUT2D eigenvalue weighted by Gasteiger charge is -2.20. The van der Waals surface area contributed by atoms with E-state index in [-0.39, 0.29) is 25.0 Å². The average molecular weight is 350 g/mol. The Morgan fingerprint density at radius 2 is 1.65 bits per heavy atom. The minimum Gasteiger partial charge on any atom is -0.395 e. The van der Waals surface area contributed by atoms with E-state index in [0.29, 0.717) is 22.5 Å². The van der Waals surface area contributed by atoms with E-state index in [4.69, 9.17) is 0 Å². The summed E-state index contributed by atoms with van der Waals surface area (Å²) in [6.07, 6.45) is 0. The van der Waals surface area contributed by atoms with Crippen LogP contribution in [0.25, 0.3) is 5.57 Å². The second-order valence-electron chi connectivity index (χ2n) is 6.45. The van der Waals surface area contributed by atoms with Crippen LogP contribution in [0.15, 0.2) is 54.2 Å². The zero-order valence-electron chi connectivity index (χ0n) is 15.2. The zero-order valence-corrected chi connectivity index (χ0v) is 15.2. The molecule has 2 aromatic carbocycles. The van der Waals surface area contributed by atoms with Crippen LogP contribution in [0.3, 0.4) is 0 Å². The second kappa shape index (κ2) is 7.14. The Hall–Kier alpha value is -2.92. The summed E-state index contributed by atoms with van der Waals surface area (Å²) in [4.78, 5) is 29.2. The molecule has 5 heteroatoms. The third-order valence-corrected chi connectivity index (χ3v) is 4.69. The van der Waals surface area contributed by atoms with Crippen molar-refractivity contribution in [2.75, 3.05) is 25.1 Å². The van der Waals surface area contributed by atoms with E-state index < -0.39 is 0 Å². The number of amides is 2. The van der Waals surface area contributed by atoms with Crippen LogP contribution in [0.4, 0.5) is 5.69 Å². The molecular weight excluding hydrogens is 328 g/mol. The van der Waals surface area contributed by atoms with E-state index in [0.717, 1.165) is 11.1 Å². The van der Waals surface area contributed by atoms with Crippen LogP contribution in [0.2, 0.25) is 0 Å². The number of aliphatic hydroxyl groups is 1. The Kier molecular flexibility index (Phi) is 4.91. The van der Waals surface area contributed by atoms with Crippen LogP contribution >= 0.6 is 0 Å². The van der Waals surface area contributed by atoms with Gasteiger partial charge in [-0.3, -0.25) is 9.59 Å². The van der Waals surface area contributed by atoms with Gasteiger partial charge in [0.1, 0.15) is 5.70 Å². The summed E-state index contributed by atoms with van der Waals surface area (Å²) in [6, 6.07) is 14.7. The molecule has 0 saturated heterocycles. The molecule has 1 heterocycles. The quantitative estimate of drug-likeness (QED) is 0.842. The highest BCUT2D eigenvalue weighted by Gasteiger charge is 2.41. The van der Waals surface area contributed by atoms with E-state index in [1.165, 1.54) is 4.90 Å². The third-order valence-electron chi connectivity index (χ3n) is 4.69. The van der Waals surface area contributed by atoms with Crippen molar-refractivity contribution < 1.29 is 14.7 Å². The molecule has 0 aromatic heterocycles. The van der Waals surface area contributed by atoms with Gasteiger partial charge in [0.15, 0.2) is 0 Å². The number of hydrogen-bond donors (Lipinski definition) is 1. The monoisotopic (exact) mass is 350 g/mol.